The Bertz CT molecular complexity index is 1330. The number of aromatic nitrogens is 2. The quantitative estimate of drug-likeness (QED) is 0.429. The highest BCUT2D eigenvalue weighted by atomic mass is 16.6. The van der Waals surface area contributed by atoms with Crippen LogP contribution >= 0.6 is 0 Å². The zero-order chi connectivity index (χ0) is 25.1. The molecule has 1 aromatic heterocycles. The number of likely N-dealkylation sites (N-methyl/N-ethyl adjacent to an activating group) is 1. The SMILES string of the molecule is CCN1CCN(c2ccc(NC(=O)c3nn(-c4ccccc4[N+](=O)[O-])c(C)cc3=O)c(C)c2)CC1. The minimum absolute atomic E-state index is 0.174. The summed E-state index contributed by atoms with van der Waals surface area (Å²) < 4.78 is 1.25. The molecule has 2 aromatic carbocycles. The van der Waals surface area contributed by atoms with E-state index in [9.17, 15) is 19.7 Å². The summed E-state index contributed by atoms with van der Waals surface area (Å²) in [5, 5.41) is 18.4. The topological polar surface area (TPSA) is 114 Å². The van der Waals surface area contributed by atoms with Crippen molar-refractivity contribution >= 4 is 23.0 Å². The summed E-state index contributed by atoms with van der Waals surface area (Å²) in [7, 11) is 0. The van der Waals surface area contributed by atoms with E-state index in [1.54, 1.807) is 19.1 Å². The van der Waals surface area contributed by atoms with Gasteiger partial charge in [0.15, 0.2) is 5.69 Å². The van der Waals surface area contributed by atoms with Gasteiger partial charge < -0.3 is 15.1 Å². The van der Waals surface area contributed by atoms with Gasteiger partial charge in [-0.05, 0) is 50.2 Å². The number of aryl methyl sites for hydroxylation is 2. The molecule has 1 amide bonds. The number of hydrogen-bond donors (Lipinski definition) is 1. The minimum Gasteiger partial charge on any atom is -0.369 e. The van der Waals surface area contributed by atoms with Crippen LogP contribution in [-0.2, 0) is 0 Å². The van der Waals surface area contributed by atoms with E-state index in [0.717, 1.165) is 44.0 Å². The van der Waals surface area contributed by atoms with Crippen molar-refractivity contribution in [2.75, 3.05) is 42.9 Å². The van der Waals surface area contributed by atoms with E-state index in [0.29, 0.717) is 11.4 Å². The first kappa shape index (κ1) is 24.1. The summed E-state index contributed by atoms with van der Waals surface area (Å²) in [5.74, 6) is -0.672. The molecule has 1 aliphatic heterocycles. The number of anilines is 2. The first-order valence-corrected chi connectivity index (χ1v) is 11.5. The number of amides is 1. The van der Waals surface area contributed by atoms with Gasteiger partial charge in [0.05, 0.1) is 4.92 Å². The van der Waals surface area contributed by atoms with Gasteiger partial charge in [-0.25, -0.2) is 4.68 Å². The summed E-state index contributed by atoms with van der Waals surface area (Å²) in [5.41, 5.74) is 2.00. The van der Waals surface area contributed by atoms with E-state index in [-0.39, 0.29) is 17.1 Å². The van der Waals surface area contributed by atoms with E-state index in [1.807, 2.05) is 25.1 Å². The average molecular weight is 477 g/mol. The summed E-state index contributed by atoms with van der Waals surface area (Å²) >= 11 is 0. The summed E-state index contributed by atoms with van der Waals surface area (Å²) in [6, 6.07) is 13.1. The van der Waals surface area contributed by atoms with Gasteiger partial charge in [-0.1, -0.05) is 19.1 Å². The standard InChI is InChI=1S/C25H28N6O4/c1-4-28-11-13-29(14-12-28)19-9-10-20(17(2)15-19)26-25(33)24-23(32)16-18(3)30(27-24)21-7-5-6-8-22(21)31(34)35/h5-10,15-16H,4,11-14H2,1-3H3,(H,26,33). The fraction of sp³-hybridized carbons (Fsp3) is 0.320. The Hall–Kier alpha value is -4.05. The highest BCUT2D eigenvalue weighted by Crippen LogP contribution is 2.25. The van der Waals surface area contributed by atoms with Crippen molar-refractivity contribution in [3.05, 3.63) is 85.8 Å². The molecular weight excluding hydrogens is 448 g/mol. The van der Waals surface area contributed by atoms with Gasteiger partial charge in [0, 0.05) is 55.4 Å². The third kappa shape index (κ3) is 5.07. The molecule has 0 unspecified atom stereocenters. The number of piperazine rings is 1. The molecule has 0 radical (unpaired) electrons. The number of para-hydroxylation sites is 2. The number of nitro groups is 1. The highest BCUT2D eigenvalue weighted by Gasteiger charge is 2.21. The lowest BCUT2D eigenvalue weighted by molar-refractivity contribution is -0.384. The molecule has 0 bridgehead atoms. The van der Waals surface area contributed by atoms with Crippen LogP contribution in [0, 0.1) is 24.0 Å². The molecular formula is C25H28N6O4. The molecule has 35 heavy (non-hydrogen) atoms. The van der Waals surface area contributed by atoms with Gasteiger partial charge in [0.2, 0.25) is 5.43 Å². The van der Waals surface area contributed by atoms with Gasteiger partial charge in [-0.3, -0.25) is 19.7 Å². The van der Waals surface area contributed by atoms with Crippen molar-refractivity contribution in [2.24, 2.45) is 0 Å². The third-order valence-corrected chi connectivity index (χ3v) is 6.27. The Labute approximate surface area is 202 Å². The molecule has 0 spiro atoms. The maximum absolute atomic E-state index is 13.0. The first-order valence-electron chi connectivity index (χ1n) is 11.5. The molecule has 1 fully saturated rings. The lowest BCUT2D eigenvalue weighted by Crippen LogP contribution is -2.46. The minimum atomic E-state index is -0.672. The van der Waals surface area contributed by atoms with Crippen LogP contribution < -0.4 is 15.6 Å². The predicted octanol–water partition coefficient (Wildman–Crippen LogP) is 3.15. The lowest BCUT2D eigenvalue weighted by atomic mass is 10.1. The Balaban J connectivity index is 1.58. The molecule has 1 saturated heterocycles. The lowest BCUT2D eigenvalue weighted by Gasteiger charge is -2.35. The predicted molar refractivity (Wildman–Crippen MR) is 135 cm³/mol. The van der Waals surface area contributed by atoms with Crippen molar-refractivity contribution in [1.82, 2.24) is 14.7 Å². The van der Waals surface area contributed by atoms with Crippen LogP contribution in [0.5, 0.6) is 0 Å². The van der Waals surface area contributed by atoms with Crippen molar-refractivity contribution in [3.8, 4) is 5.69 Å². The molecule has 4 rings (SSSR count). The maximum atomic E-state index is 13.0. The zero-order valence-electron chi connectivity index (χ0n) is 20.0. The smallest absolute Gasteiger partial charge is 0.294 e. The van der Waals surface area contributed by atoms with Crippen LogP contribution in [0.1, 0.15) is 28.7 Å². The molecule has 0 saturated carbocycles. The second-order valence-electron chi connectivity index (χ2n) is 8.53. The molecule has 182 valence electrons. The van der Waals surface area contributed by atoms with Crippen molar-refractivity contribution < 1.29 is 9.72 Å². The van der Waals surface area contributed by atoms with Gasteiger partial charge in [0.1, 0.15) is 5.69 Å². The Kier molecular flexibility index (Phi) is 6.92. The maximum Gasteiger partial charge on any atom is 0.294 e. The average Bonchev–Trinajstić information content (AvgIpc) is 2.85. The van der Waals surface area contributed by atoms with Crippen LogP contribution in [0.4, 0.5) is 17.1 Å². The van der Waals surface area contributed by atoms with Crippen molar-refractivity contribution in [2.45, 2.75) is 20.8 Å². The molecule has 3 aromatic rings. The largest absolute Gasteiger partial charge is 0.369 e. The third-order valence-electron chi connectivity index (χ3n) is 6.27. The summed E-state index contributed by atoms with van der Waals surface area (Å²) in [4.78, 5) is 41.3. The normalized spacial score (nSPS) is 14.1. The monoisotopic (exact) mass is 476 g/mol. The number of rotatable bonds is 6. The first-order chi connectivity index (χ1) is 16.8. The fourth-order valence-corrected chi connectivity index (χ4v) is 4.23. The second kappa shape index (κ2) is 10.1. The van der Waals surface area contributed by atoms with Crippen LogP contribution in [0.2, 0.25) is 0 Å². The Morgan fingerprint density at radius 1 is 1.09 bits per heavy atom. The van der Waals surface area contributed by atoms with Gasteiger partial charge in [0.25, 0.3) is 11.6 Å². The van der Waals surface area contributed by atoms with Crippen LogP contribution in [0.15, 0.2) is 53.3 Å². The van der Waals surface area contributed by atoms with Gasteiger partial charge in [-0.2, -0.15) is 5.10 Å². The van der Waals surface area contributed by atoms with Gasteiger partial charge in [-0.15, -0.1) is 0 Å². The number of carbonyl (C=O) groups excluding carboxylic acids is 1. The van der Waals surface area contributed by atoms with E-state index >= 15 is 0 Å². The van der Waals surface area contributed by atoms with Crippen LogP contribution in [-0.4, -0.2) is 58.2 Å². The molecule has 10 nitrogen and oxygen atoms in total. The zero-order valence-corrected chi connectivity index (χ0v) is 20.0. The number of hydrogen-bond acceptors (Lipinski definition) is 7. The molecule has 0 atom stereocenters. The second-order valence-corrected chi connectivity index (χ2v) is 8.53. The molecule has 10 heteroatoms. The molecule has 0 aliphatic carbocycles. The van der Waals surface area contributed by atoms with E-state index in [1.165, 1.54) is 22.9 Å². The van der Waals surface area contributed by atoms with Gasteiger partial charge >= 0.3 is 0 Å². The van der Waals surface area contributed by atoms with Crippen LogP contribution in [0.25, 0.3) is 5.69 Å². The molecule has 2 heterocycles. The number of benzene rings is 2. The van der Waals surface area contributed by atoms with E-state index in [2.05, 4.69) is 27.1 Å². The number of nitro benzene ring substituents is 1. The number of nitrogens with zero attached hydrogens (tertiary/aromatic N) is 5. The van der Waals surface area contributed by atoms with Crippen LogP contribution in [0.3, 0.4) is 0 Å². The highest BCUT2D eigenvalue weighted by molar-refractivity contribution is 6.03. The number of carbonyl (C=O) groups is 1. The Morgan fingerprint density at radius 2 is 1.80 bits per heavy atom. The van der Waals surface area contributed by atoms with E-state index < -0.39 is 16.3 Å². The summed E-state index contributed by atoms with van der Waals surface area (Å²) in [6.45, 7) is 10.6. The Morgan fingerprint density at radius 3 is 2.46 bits per heavy atom. The molecule has 1 aliphatic rings. The summed E-state index contributed by atoms with van der Waals surface area (Å²) in [6.07, 6.45) is 0. The molecule has 1 N–H and O–H groups in total. The fourth-order valence-electron chi connectivity index (χ4n) is 4.23. The van der Waals surface area contributed by atoms with E-state index in [4.69, 9.17) is 0 Å². The number of nitrogens with one attached hydrogen (secondary N) is 1. The van der Waals surface area contributed by atoms with Crippen molar-refractivity contribution in [1.29, 1.82) is 0 Å². The van der Waals surface area contributed by atoms with Crippen molar-refractivity contribution in [3.63, 3.8) is 0 Å².